The average Bonchev–Trinajstić information content (AvgIpc) is 2.38. The molecule has 3 nitrogen and oxygen atoms in total. The maximum Gasteiger partial charge on any atom is 0.230 e. The van der Waals surface area contributed by atoms with Crippen LogP contribution >= 0.6 is 0 Å². The first-order valence-electron chi connectivity index (χ1n) is 6.33. The lowest BCUT2D eigenvalue weighted by atomic mass is 9.81. The molecule has 0 saturated heterocycles. The Hall–Kier alpha value is -1.35. The zero-order chi connectivity index (χ0) is 12.1. The number of nitrogens with one attached hydrogen (secondary N) is 2. The van der Waals surface area contributed by atoms with Gasteiger partial charge in [-0.25, -0.2) is 5.43 Å². The van der Waals surface area contributed by atoms with Gasteiger partial charge in [0.2, 0.25) is 5.91 Å². The lowest BCUT2D eigenvalue weighted by molar-refractivity contribution is -0.120. The van der Waals surface area contributed by atoms with E-state index in [-0.39, 0.29) is 5.91 Å². The van der Waals surface area contributed by atoms with Gasteiger partial charge >= 0.3 is 0 Å². The van der Waals surface area contributed by atoms with Crippen LogP contribution in [0, 0.1) is 0 Å². The third-order valence-corrected chi connectivity index (χ3v) is 3.40. The first kappa shape index (κ1) is 12.1. The van der Waals surface area contributed by atoms with Crippen molar-refractivity contribution in [3.8, 4) is 0 Å². The molecule has 0 aromatic heterocycles. The fourth-order valence-electron chi connectivity index (χ4n) is 2.55. The monoisotopic (exact) mass is 232 g/mol. The van der Waals surface area contributed by atoms with Gasteiger partial charge in [0.1, 0.15) is 0 Å². The molecule has 0 aliphatic heterocycles. The Kier molecular flexibility index (Phi) is 4.15. The maximum atomic E-state index is 10.9. The predicted molar refractivity (Wildman–Crippen MR) is 68.4 cm³/mol. The molecule has 3 heteroatoms. The Balaban J connectivity index is 1.91. The van der Waals surface area contributed by atoms with Crippen molar-refractivity contribution in [1.82, 2.24) is 10.9 Å². The number of amides is 1. The number of hydrogen-bond acceptors (Lipinski definition) is 2. The van der Waals surface area contributed by atoms with E-state index in [9.17, 15) is 4.79 Å². The van der Waals surface area contributed by atoms with E-state index >= 15 is 0 Å². The molecule has 0 spiro atoms. The Morgan fingerprint density at radius 2 is 2.00 bits per heavy atom. The van der Waals surface area contributed by atoms with Gasteiger partial charge in [0.15, 0.2) is 0 Å². The van der Waals surface area contributed by atoms with Crippen molar-refractivity contribution in [2.24, 2.45) is 0 Å². The van der Waals surface area contributed by atoms with E-state index in [1.165, 1.54) is 25.3 Å². The number of rotatable bonds is 3. The smallest absolute Gasteiger partial charge is 0.230 e. The lowest BCUT2D eigenvalue weighted by Crippen LogP contribution is -2.45. The molecule has 0 unspecified atom stereocenters. The number of carbonyl (C=O) groups is 1. The number of carbonyl (C=O) groups excluding carboxylic acids is 1. The van der Waals surface area contributed by atoms with Crippen molar-refractivity contribution in [2.75, 3.05) is 0 Å². The summed E-state index contributed by atoms with van der Waals surface area (Å²) >= 11 is 0. The van der Waals surface area contributed by atoms with Crippen LogP contribution in [0.15, 0.2) is 30.3 Å². The fraction of sp³-hybridized carbons (Fsp3) is 0.500. The van der Waals surface area contributed by atoms with Crippen LogP contribution in [-0.2, 0) is 4.79 Å². The van der Waals surface area contributed by atoms with Gasteiger partial charge in [-0.05, 0) is 30.7 Å². The fourth-order valence-corrected chi connectivity index (χ4v) is 2.55. The maximum absolute atomic E-state index is 10.9. The van der Waals surface area contributed by atoms with Crippen LogP contribution in [0.4, 0.5) is 0 Å². The van der Waals surface area contributed by atoms with Crippen molar-refractivity contribution in [2.45, 2.75) is 44.6 Å². The van der Waals surface area contributed by atoms with E-state index in [4.69, 9.17) is 0 Å². The standard InChI is InChI=1S/C14H20N2O/c1-11(17)15-16-14-9-5-8-13(10-14)12-6-3-2-4-7-12/h2-4,6-7,13-14,16H,5,8-10H2,1H3,(H,15,17)/t13-,14-/m1/s1. The predicted octanol–water partition coefficient (Wildman–Crippen LogP) is 2.35. The summed E-state index contributed by atoms with van der Waals surface area (Å²) in [4.78, 5) is 10.9. The van der Waals surface area contributed by atoms with Crippen molar-refractivity contribution in [3.05, 3.63) is 35.9 Å². The third-order valence-electron chi connectivity index (χ3n) is 3.40. The van der Waals surface area contributed by atoms with Gasteiger partial charge in [0.05, 0.1) is 0 Å². The summed E-state index contributed by atoms with van der Waals surface area (Å²) < 4.78 is 0. The molecular formula is C14H20N2O. The largest absolute Gasteiger partial charge is 0.292 e. The van der Waals surface area contributed by atoms with Crippen molar-refractivity contribution in [3.63, 3.8) is 0 Å². The van der Waals surface area contributed by atoms with Crippen molar-refractivity contribution in [1.29, 1.82) is 0 Å². The molecule has 2 N–H and O–H groups in total. The highest BCUT2D eigenvalue weighted by Gasteiger charge is 2.22. The molecule has 1 saturated carbocycles. The molecule has 0 heterocycles. The highest BCUT2D eigenvalue weighted by Crippen LogP contribution is 2.32. The molecule has 1 aromatic carbocycles. The minimum atomic E-state index is -0.0214. The third kappa shape index (κ3) is 3.56. The first-order valence-corrected chi connectivity index (χ1v) is 6.33. The quantitative estimate of drug-likeness (QED) is 0.785. The molecule has 1 aliphatic carbocycles. The molecule has 1 amide bonds. The van der Waals surface area contributed by atoms with Gasteiger partial charge in [-0.15, -0.1) is 0 Å². The van der Waals surface area contributed by atoms with Gasteiger partial charge in [-0.3, -0.25) is 10.2 Å². The molecule has 2 rings (SSSR count). The zero-order valence-corrected chi connectivity index (χ0v) is 10.3. The van der Waals surface area contributed by atoms with Crippen LogP contribution in [0.3, 0.4) is 0 Å². The van der Waals surface area contributed by atoms with Crippen molar-refractivity contribution >= 4 is 5.91 Å². The molecule has 1 aliphatic rings. The molecule has 2 atom stereocenters. The van der Waals surface area contributed by atoms with Crippen LogP contribution in [0.2, 0.25) is 0 Å². The number of hydrazine groups is 1. The van der Waals surface area contributed by atoms with Gasteiger partial charge in [0.25, 0.3) is 0 Å². The van der Waals surface area contributed by atoms with E-state index < -0.39 is 0 Å². The van der Waals surface area contributed by atoms with E-state index in [1.54, 1.807) is 0 Å². The van der Waals surface area contributed by atoms with E-state index in [2.05, 4.69) is 41.2 Å². The topological polar surface area (TPSA) is 41.1 Å². The second-order valence-electron chi connectivity index (χ2n) is 4.80. The lowest BCUT2D eigenvalue weighted by Gasteiger charge is -2.30. The Labute approximate surface area is 103 Å². The normalized spacial score (nSPS) is 24.3. The Morgan fingerprint density at radius 1 is 1.24 bits per heavy atom. The van der Waals surface area contributed by atoms with Crippen molar-refractivity contribution < 1.29 is 4.79 Å². The summed E-state index contributed by atoms with van der Waals surface area (Å²) in [7, 11) is 0. The highest BCUT2D eigenvalue weighted by atomic mass is 16.2. The van der Waals surface area contributed by atoms with E-state index in [0.29, 0.717) is 12.0 Å². The van der Waals surface area contributed by atoms with Gasteiger partial charge in [-0.1, -0.05) is 36.8 Å². The summed E-state index contributed by atoms with van der Waals surface area (Å²) in [6.45, 7) is 1.53. The Morgan fingerprint density at radius 3 is 2.71 bits per heavy atom. The van der Waals surface area contributed by atoms with E-state index in [0.717, 1.165) is 12.8 Å². The minimum Gasteiger partial charge on any atom is -0.292 e. The van der Waals surface area contributed by atoms with Crippen LogP contribution in [0.25, 0.3) is 0 Å². The van der Waals surface area contributed by atoms with Gasteiger partial charge in [-0.2, -0.15) is 0 Å². The zero-order valence-electron chi connectivity index (χ0n) is 10.3. The van der Waals surface area contributed by atoms with Crippen LogP contribution in [0.5, 0.6) is 0 Å². The molecule has 1 fully saturated rings. The van der Waals surface area contributed by atoms with Crippen LogP contribution < -0.4 is 10.9 Å². The van der Waals surface area contributed by atoms with Crippen LogP contribution in [-0.4, -0.2) is 11.9 Å². The molecular weight excluding hydrogens is 212 g/mol. The molecule has 17 heavy (non-hydrogen) atoms. The highest BCUT2D eigenvalue weighted by molar-refractivity contribution is 5.72. The average molecular weight is 232 g/mol. The SMILES string of the molecule is CC(=O)NN[C@@H]1CCC[C@@H](c2ccccc2)C1. The minimum absolute atomic E-state index is 0.0214. The Bertz CT molecular complexity index is 364. The molecule has 0 radical (unpaired) electrons. The first-order chi connectivity index (χ1) is 8.25. The summed E-state index contributed by atoms with van der Waals surface area (Å²) in [6.07, 6.45) is 4.72. The number of benzene rings is 1. The summed E-state index contributed by atoms with van der Waals surface area (Å²) in [5, 5.41) is 0. The molecule has 92 valence electrons. The van der Waals surface area contributed by atoms with E-state index in [1.807, 2.05) is 0 Å². The summed E-state index contributed by atoms with van der Waals surface area (Å²) in [5.41, 5.74) is 7.24. The van der Waals surface area contributed by atoms with Crippen LogP contribution in [0.1, 0.15) is 44.1 Å². The second kappa shape index (κ2) is 5.82. The van der Waals surface area contributed by atoms with Gasteiger partial charge < -0.3 is 0 Å². The summed E-state index contributed by atoms with van der Waals surface area (Å²) in [6, 6.07) is 11.1. The second-order valence-corrected chi connectivity index (χ2v) is 4.80. The van der Waals surface area contributed by atoms with Gasteiger partial charge in [0, 0.05) is 13.0 Å². The number of hydrogen-bond donors (Lipinski definition) is 2. The summed E-state index contributed by atoms with van der Waals surface area (Å²) in [5.74, 6) is 0.600. The molecule has 0 bridgehead atoms. The molecule has 1 aromatic rings.